The third-order valence-corrected chi connectivity index (χ3v) is 9.18. The van der Waals surface area contributed by atoms with E-state index in [4.69, 9.17) is 23.2 Å². The Kier molecular flexibility index (Phi) is 9.21. The van der Waals surface area contributed by atoms with E-state index in [0.29, 0.717) is 43.8 Å². The molecular weight excluding hydrogens is 675 g/mol. The highest BCUT2D eigenvalue weighted by molar-refractivity contribution is 7.92. The van der Waals surface area contributed by atoms with Crippen molar-refractivity contribution in [3.63, 3.8) is 0 Å². The second kappa shape index (κ2) is 13.7. The van der Waals surface area contributed by atoms with Crippen LogP contribution >= 0.6 is 23.2 Å². The van der Waals surface area contributed by atoms with Crippen LogP contribution in [0.2, 0.25) is 10.0 Å². The second-order valence-electron chi connectivity index (χ2n) is 10.4. The van der Waals surface area contributed by atoms with Crippen molar-refractivity contribution in [2.45, 2.75) is 11.3 Å². The number of nitro groups is 1. The van der Waals surface area contributed by atoms with E-state index in [9.17, 15) is 23.3 Å². The zero-order chi connectivity index (χ0) is 33.8. The zero-order valence-corrected chi connectivity index (χ0v) is 27.1. The molecule has 0 aliphatic carbocycles. The number of sulfonamides is 1. The van der Waals surface area contributed by atoms with Crippen molar-refractivity contribution in [3.8, 4) is 0 Å². The van der Waals surface area contributed by atoms with Gasteiger partial charge in [-0.2, -0.15) is 13.1 Å². The summed E-state index contributed by atoms with van der Waals surface area (Å²) >= 11 is 12.8. The summed E-state index contributed by atoms with van der Waals surface area (Å²) in [5.74, 6) is 0.139. The minimum atomic E-state index is -4.29. The lowest BCUT2D eigenvalue weighted by Crippen LogP contribution is -2.36. The third kappa shape index (κ3) is 7.05. The Morgan fingerprint density at radius 1 is 0.875 bits per heavy atom. The van der Waals surface area contributed by atoms with Gasteiger partial charge < -0.3 is 5.32 Å². The number of non-ortho nitro benzene ring substituents is 1. The number of halogens is 2. The first-order valence-electron chi connectivity index (χ1n) is 14.3. The fourth-order valence-electron chi connectivity index (χ4n) is 4.86. The average molecular weight is 700 g/mol. The number of fused-ring (bicyclic) bond motifs is 1. The minimum Gasteiger partial charge on any atom is -0.353 e. The summed E-state index contributed by atoms with van der Waals surface area (Å²) in [4.78, 5) is 35.5. The summed E-state index contributed by atoms with van der Waals surface area (Å²) < 4.78 is 28.2. The van der Waals surface area contributed by atoms with E-state index >= 15 is 0 Å². The Morgan fingerprint density at radius 2 is 1.56 bits per heavy atom. The van der Waals surface area contributed by atoms with Crippen molar-refractivity contribution in [1.82, 2.24) is 9.66 Å². The molecule has 48 heavy (non-hydrogen) atoms. The van der Waals surface area contributed by atoms with E-state index in [1.54, 1.807) is 54.6 Å². The fraction of sp³-hybridized carbons (Fsp3) is 0.0294. The highest BCUT2D eigenvalue weighted by Gasteiger charge is 2.20. The first-order valence-corrected chi connectivity index (χ1v) is 16.5. The van der Waals surface area contributed by atoms with Gasteiger partial charge in [0.1, 0.15) is 5.82 Å². The molecule has 0 saturated carbocycles. The summed E-state index contributed by atoms with van der Waals surface area (Å²) in [6.45, 7) is 0. The normalized spacial score (nSPS) is 11.5. The lowest BCUT2D eigenvalue weighted by molar-refractivity contribution is -0.384. The van der Waals surface area contributed by atoms with Crippen molar-refractivity contribution in [3.05, 3.63) is 163 Å². The fourth-order valence-corrected chi connectivity index (χ4v) is 6.38. The van der Waals surface area contributed by atoms with Crippen molar-refractivity contribution in [1.29, 1.82) is 0 Å². The molecule has 0 saturated heterocycles. The highest BCUT2D eigenvalue weighted by atomic mass is 35.5. The molecule has 0 bridgehead atoms. The predicted octanol–water partition coefficient (Wildman–Crippen LogP) is 7.63. The number of hydrogen-bond acceptors (Lipinski definition) is 8. The van der Waals surface area contributed by atoms with Gasteiger partial charge in [-0.15, -0.1) is 0 Å². The van der Waals surface area contributed by atoms with Gasteiger partial charge in [-0.05, 0) is 65.7 Å². The second-order valence-corrected chi connectivity index (χ2v) is 12.9. The summed E-state index contributed by atoms with van der Waals surface area (Å²) in [5, 5.41) is 15.3. The SMILES string of the molecule is O=c1c2ccccc2nc(Cc2ccccc2Nc2c(Cl)cccc2Cl)n1NS(=O)(=O)c1ccc(N=Cc2cccc([N+](=O)[O-])c2)cc1. The summed E-state index contributed by atoms with van der Waals surface area (Å²) in [7, 11) is -4.29. The molecule has 240 valence electrons. The van der Waals surface area contributed by atoms with Gasteiger partial charge in [0.05, 0.1) is 42.1 Å². The highest BCUT2D eigenvalue weighted by Crippen LogP contribution is 2.34. The van der Waals surface area contributed by atoms with Crippen LogP contribution in [0.1, 0.15) is 17.0 Å². The van der Waals surface area contributed by atoms with Gasteiger partial charge in [-0.1, -0.05) is 71.7 Å². The molecular formula is C34H24Cl2N6O5S. The molecule has 0 aliphatic heterocycles. The van der Waals surface area contributed by atoms with Crippen molar-refractivity contribution in [2.75, 3.05) is 10.1 Å². The van der Waals surface area contributed by atoms with E-state index in [-0.39, 0.29) is 28.2 Å². The molecule has 1 heterocycles. The van der Waals surface area contributed by atoms with Crippen LogP contribution in [0, 0.1) is 10.1 Å². The van der Waals surface area contributed by atoms with E-state index in [0.717, 1.165) is 4.68 Å². The number of anilines is 2. The maximum Gasteiger partial charge on any atom is 0.280 e. The minimum absolute atomic E-state index is 0.0547. The molecule has 0 unspecified atom stereocenters. The molecule has 11 nitrogen and oxygen atoms in total. The smallest absolute Gasteiger partial charge is 0.280 e. The molecule has 14 heteroatoms. The zero-order valence-electron chi connectivity index (χ0n) is 24.7. The van der Waals surface area contributed by atoms with Gasteiger partial charge in [0, 0.05) is 30.5 Å². The quantitative estimate of drug-likeness (QED) is 0.0849. The van der Waals surface area contributed by atoms with Gasteiger partial charge in [-0.25, -0.2) is 9.82 Å². The standard InChI is InChI=1S/C34H24Cl2N6O5S/c35-28-11-6-12-29(36)33(28)39-30-13-3-1-8-23(30)20-32-38-31-14-4-2-10-27(31)34(43)41(32)40-48(46,47)26-17-15-24(16-18-26)37-21-22-7-5-9-25(19-22)42(44)45/h1-19,21,39-40H,20H2. The van der Waals surface area contributed by atoms with Crippen LogP contribution < -0.4 is 15.7 Å². The predicted molar refractivity (Wildman–Crippen MR) is 188 cm³/mol. The molecule has 0 amide bonds. The molecule has 6 rings (SSSR count). The maximum atomic E-state index is 13.7. The molecule has 0 fully saturated rings. The third-order valence-electron chi connectivity index (χ3n) is 7.24. The van der Waals surface area contributed by atoms with Gasteiger partial charge in [-0.3, -0.25) is 19.9 Å². The molecule has 6 aromatic rings. The number of aliphatic imine (C=N–C) groups is 1. The number of hydrogen-bond donors (Lipinski definition) is 2. The monoisotopic (exact) mass is 698 g/mol. The molecule has 2 N–H and O–H groups in total. The van der Waals surface area contributed by atoms with Crippen LogP contribution in [0.4, 0.5) is 22.7 Å². The number of nitrogens with one attached hydrogen (secondary N) is 2. The van der Waals surface area contributed by atoms with Crippen LogP contribution in [0.5, 0.6) is 0 Å². The summed E-state index contributed by atoms with van der Waals surface area (Å²) in [6, 6.07) is 30.6. The van der Waals surface area contributed by atoms with E-state index in [1.165, 1.54) is 42.6 Å². The Morgan fingerprint density at radius 3 is 2.31 bits per heavy atom. The van der Waals surface area contributed by atoms with Crippen LogP contribution in [0.15, 0.2) is 130 Å². The lowest BCUT2D eigenvalue weighted by Gasteiger charge is -2.18. The average Bonchev–Trinajstić information content (AvgIpc) is 3.08. The van der Waals surface area contributed by atoms with E-state index < -0.39 is 20.5 Å². The Hall–Kier alpha value is -5.56. The molecule has 5 aromatic carbocycles. The summed E-state index contributed by atoms with van der Waals surface area (Å²) in [6.07, 6.45) is 1.49. The van der Waals surface area contributed by atoms with Crippen molar-refractivity contribution >= 4 is 73.1 Å². The molecule has 0 atom stereocenters. The largest absolute Gasteiger partial charge is 0.353 e. The van der Waals surface area contributed by atoms with Crippen LogP contribution in [0.3, 0.4) is 0 Å². The van der Waals surface area contributed by atoms with Crippen LogP contribution in [0.25, 0.3) is 10.9 Å². The molecule has 0 aliphatic rings. The van der Waals surface area contributed by atoms with Crippen molar-refractivity contribution in [2.24, 2.45) is 4.99 Å². The molecule has 0 spiro atoms. The van der Waals surface area contributed by atoms with Crippen LogP contribution in [-0.2, 0) is 16.4 Å². The van der Waals surface area contributed by atoms with Gasteiger partial charge >= 0.3 is 0 Å². The van der Waals surface area contributed by atoms with Crippen LogP contribution in [-0.4, -0.2) is 29.2 Å². The van der Waals surface area contributed by atoms with E-state index in [1.807, 2.05) is 24.3 Å². The number of rotatable bonds is 10. The topological polar surface area (TPSA) is 149 Å². The number of para-hydroxylation sites is 3. The lowest BCUT2D eigenvalue weighted by atomic mass is 10.1. The van der Waals surface area contributed by atoms with Crippen molar-refractivity contribution < 1.29 is 13.3 Å². The Labute approximate surface area is 284 Å². The Balaban J connectivity index is 1.32. The molecule has 0 radical (unpaired) electrons. The van der Waals surface area contributed by atoms with E-state index in [2.05, 4.69) is 20.1 Å². The maximum absolute atomic E-state index is 13.7. The number of nitrogens with zero attached hydrogens (tertiary/aromatic N) is 4. The first-order chi connectivity index (χ1) is 23.1. The van der Waals surface area contributed by atoms with Gasteiger partial charge in [0.15, 0.2) is 0 Å². The first kappa shape index (κ1) is 32.4. The number of aromatic nitrogens is 2. The van der Waals surface area contributed by atoms with Gasteiger partial charge in [0.2, 0.25) is 0 Å². The number of nitro benzene ring substituents is 1. The van der Waals surface area contributed by atoms with Gasteiger partial charge in [0.25, 0.3) is 21.3 Å². The summed E-state index contributed by atoms with van der Waals surface area (Å²) in [5.41, 5.74) is 2.46. The number of benzene rings is 5. The Bertz CT molecular complexity index is 2360. The molecule has 1 aromatic heterocycles.